The molecule has 0 saturated heterocycles. The molecule has 0 aliphatic heterocycles. The highest BCUT2D eigenvalue weighted by molar-refractivity contribution is 5.71. The largest absolute Gasteiger partial charge is 0.462 e. The third-order valence-corrected chi connectivity index (χ3v) is 11.7. The molecule has 0 fully saturated rings. The van der Waals surface area contributed by atoms with Gasteiger partial charge in [0.2, 0.25) is 0 Å². The second-order valence-electron chi connectivity index (χ2n) is 18.5. The van der Waals surface area contributed by atoms with Gasteiger partial charge in [-0.05, 0) is 116 Å². The molecular formula is C63H104O6. The lowest BCUT2D eigenvalue weighted by Crippen LogP contribution is -2.30. The Balaban J connectivity index is 4.47. The van der Waals surface area contributed by atoms with Gasteiger partial charge in [-0.25, -0.2) is 0 Å². The van der Waals surface area contributed by atoms with Gasteiger partial charge in [-0.3, -0.25) is 14.4 Å². The smallest absolute Gasteiger partial charge is 0.306 e. The van der Waals surface area contributed by atoms with Gasteiger partial charge in [0.15, 0.2) is 6.10 Å². The van der Waals surface area contributed by atoms with E-state index in [-0.39, 0.29) is 37.5 Å². The average molecular weight is 958 g/mol. The first-order valence-corrected chi connectivity index (χ1v) is 28.4. The van der Waals surface area contributed by atoms with Crippen LogP contribution in [0, 0.1) is 0 Å². The van der Waals surface area contributed by atoms with Crippen molar-refractivity contribution >= 4 is 17.9 Å². The molecule has 0 aromatic heterocycles. The molecule has 0 N–H and O–H groups in total. The Labute approximate surface area is 425 Å². The summed E-state index contributed by atoms with van der Waals surface area (Å²) in [7, 11) is 0. The minimum Gasteiger partial charge on any atom is -0.462 e. The molecule has 6 heteroatoms. The van der Waals surface area contributed by atoms with E-state index in [1.807, 2.05) is 12.2 Å². The lowest BCUT2D eigenvalue weighted by molar-refractivity contribution is -0.166. The summed E-state index contributed by atoms with van der Waals surface area (Å²) in [5.74, 6) is -1.01. The maximum atomic E-state index is 12.9. The fourth-order valence-corrected chi connectivity index (χ4v) is 7.49. The fourth-order valence-electron chi connectivity index (χ4n) is 7.49. The van der Waals surface area contributed by atoms with Gasteiger partial charge in [-0.15, -0.1) is 0 Å². The molecular weight excluding hydrogens is 853 g/mol. The van der Waals surface area contributed by atoms with E-state index < -0.39 is 6.10 Å². The van der Waals surface area contributed by atoms with Gasteiger partial charge < -0.3 is 14.2 Å². The monoisotopic (exact) mass is 957 g/mol. The van der Waals surface area contributed by atoms with E-state index in [1.54, 1.807) is 0 Å². The first-order valence-electron chi connectivity index (χ1n) is 28.4. The van der Waals surface area contributed by atoms with Crippen molar-refractivity contribution in [3.8, 4) is 0 Å². The first kappa shape index (κ1) is 65.1. The van der Waals surface area contributed by atoms with E-state index in [9.17, 15) is 14.4 Å². The minimum atomic E-state index is -0.817. The second-order valence-corrected chi connectivity index (χ2v) is 18.5. The molecule has 1 unspecified atom stereocenters. The van der Waals surface area contributed by atoms with Crippen LogP contribution < -0.4 is 0 Å². The number of carbonyl (C=O) groups is 3. The van der Waals surface area contributed by atoms with Crippen molar-refractivity contribution in [2.75, 3.05) is 13.2 Å². The number of rotatable bonds is 50. The Kier molecular flexibility index (Phi) is 53.4. The highest BCUT2D eigenvalue weighted by Crippen LogP contribution is 2.14. The molecule has 1 atom stereocenters. The summed E-state index contributed by atoms with van der Waals surface area (Å²) < 4.78 is 16.8. The summed E-state index contributed by atoms with van der Waals surface area (Å²) in [6, 6.07) is 0. The molecule has 0 aromatic carbocycles. The van der Waals surface area contributed by atoms with E-state index in [0.717, 1.165) is 96.3 Å². The molecule has 0 aromatic rings. The normalized spacial score (nSPS) is 12.9. The molecule has 0 spiro atoms. The van der Waals surface area contributed by atoms with Gasteiger partial charge in [0.25, 0.3) is 0 Å². The number of hydrogen-bond acceptors (Lipinski definition) is 6. The van der Waals surface area contributed by atoms with Crippen molar-refractivity contribution in [3.05, 3.63) is 109 Å². The SMILES string of the molecule is CC/C=C\C/C=C\C/C=C\C/C=C\CCC(=O)OCC(COC(=O)CCCCCCCC/C=C\C/C=C\C/C=C\CCCCC)OC(=O)CCCCCCCCCCC/C=C\C/C=C\CCCCC. The topological polar surface area (TPSA) is 78.9 Å². The third-order valence-electron chi connectivity index (χ3n) is 11.7. The zero-order valence-electron chi connectivity index (χ0n) is 44.8. The van der Waals surface area contributed by atoms with E-state index in [4.69, 9.17) is 14.2 Å². The zero-order chi connectivity index (χ0) is 50.0. The van der Waals surface area contributed by atoms with Crippen LogP contribution in [0.2, 0.25) is 0 Å². The van der Waals surface area contributed by atoms with Crippen LogP contribution in [0.4, 0.5) is 0 Å². The summed E-state index contributed by atoms with van der Waals surface area (Å²) >= 11 is 0. The van der Waals surface area contributed by atoms with Crippen LogP contribution in [0.1, 0.15) is 252 Å². The van der Waals surface area contributed by atoms with Crippen LogP contribution in [0.3, 0.4) is 0 Å². The summed E-state index contributed by atoms with van der Waals surface area (Å²) in [6.07, 6.45) is 76.6. The summed E-state index contributed by atoms with van der Waals surface area (Å²) in [5, 5.41) is 0. The molecule has 6 nitrogen and oxygen atoms in total. The van der Waals surface area contributed by atoms with Gasteiger partial charge in [-0.2, -0.15) is 0 Å². The van der Waals surface area contributed by atoms with E-state index in [0.29, 0.717) is 19.3 Å². The van der Waals surface area contributed by atoms with Crippen LogP contribution in [-0.2, 0) is 28.6 Å². The average Bonchev–Trinajstić information content (AvgIpc) is 3.35. The Morgan fingerprint density at radius 1 is 0.304 bits per heavy atom. The van der Waals surface area contributed by atoms with Crippen molar-refractivity contribution in [2.45, 2.75) is 258 Å². The number of unbranched alkanes of at least 4 members (excludes halogenated alkanes) is 21. The molecule has 0 aliphatic rings. The van der Waals surface area contributed by atoms with Crippen LogP contribution in [0.25, 0.3) is 0 Å². The molecule has 0 saturated carbocycles. The predicted molar refractivity (Wildman–Crippen MR) is 297 cm³/mol. The van der Waals surface area contributed by atoms with Gasteiger partial charge in [-0.1, -0.05) is 226 Å². The van der Waals surface area contributed by atoms with Crippen LogP contribution in [0.5, 0.6) is 0 Å². The maximum Gasteiger partial charge on any atom is 0.306 e. The van der Waals surface area contributed by atoms with Crippen molar-refractivity contribution in [3.63, 3.8) is 0 Å². The number of ether oxygens (including phenoxy) is 3. The molecule has 0 bridgehead atoms. The molecule has 0 heterocycles. The Bertz CT molecular complexity index is 1420. The summed E-state index contributed by atoms with van der Waals surface area (Å²) in [4.78, 5) is 38.1. The van der Waals surface area contributed by atoms with Crippen LogP contribution in [-0.4, -0.2) is 37.2 Å². The molecule has 392 valence electrons. The molecule has 0 rings (SSSR count). The molecule has 0 radical (unpaired) electrons. The van der Waals surface area contributed by atoms with Crippen LogP contribution >= 0.6 is 0 Å². The van der Waals surface area contributed by atoms with Gasteiger partial charge in [0, 0.05) is 19.3 Å². The van der Waals surface area contributed by atoms with Crippen molar-refractivity contribution < 1.29 is 28.6 Å². The molecule has 0 amide bonds. The fraction of sp³-hybridized carbons (Fsp3) is 0.667. The number of esters is 3. The van der Waals surface area contributed by atoms with Crippen molar-refractivity contribution in [2.24, 2.45) is 0 Å². The Morgan fingerprint density at radius 2 is 0.594 bits per heavy atom. The first-order chi connectivity index (χ1) is 34.0. The van der Waals surface area contributed by atoms with Crippen molar-refractivity contribution in [1.82, 2.24) is 0 Å². The van der Waals surface area contributed by atoms with Crippen LogP contribution in [0.15, 0.2) is 109 Å². The predicted octanol–water partition coefficient (Wildman–Crippen LogP) is 19.1. The lowest BCUT2D eigenvalue weighted by atomic mass is 10.1. The van der Waals surface area contributed by atoms with E-state index >= 15 is 0 Å². The second kappa shape index (κ2) is 56.7. The number of allylic oxidation sites excluding steroid dienone is 18. The molecule has 0 aliphatic carbocycles. The number of hydrogen-bond donors (Lipinski definition) is 0. The minimum absolute atomic E-state index is 0.110. The summed E-state index contributed by atoms with van der Waals surface area (Å²) in [6.45, 7) is 6.39. The quantitative estimate of drug-likeness (QED) is 0.0262. The lowest BCUT2D eigenvalue weighted by Gasteiger charge is -2.18. The summed E-state index contributed by atoms with van der Waals surface area (Å²) in [5.41, 5.74) is 0. The standard InChI is InChI=1S/C63H104O6/c1-4-7-10-13-16-19-22-25-27-29-31-33-35-38-41-44-47-50-53-56-62(65)68-59-60(58-67-61(64)55-52-49-46-43-40-37-24-21-18-15-12-9-6-3)69-63(66)57-54-51-48-45-42-39-36-34-32-30-28-26-23-20-17-14-11-8-5-2/h9,12,16-21,25-28,31,33,37,40,46,49,60H,4-8,10-11,13-15,22-24,29-30,32,34-36,38-39,41-45,47-48,50-59H2,1-3H3/b12-9-,19-16-,20-17-,21-18-,27-25-,28-26-,33-31-,40-37-,49-46-. The van der Waals surface area contributed by atoms with Gasteiger partial charge in [0.1, 0.15) is 13.2 Å². The van der Waals surface area contributed by atoms with Gasteiger partial charge in [0.05, 0.1) is 0 Å². The van der Waals surface area contributed by atoms with E-state index in [2.05, 4.69) is 118 Å². The van der Waals surface area contributed by atoms with Gasteiger partial charge >= 0.3 is 17.9 Å². The Morgan fingerprint density at radius 3 is 0.971 bits per heavy atom. The zero-order valence-corrected chi connectivity index (χ0v) is 44.8. The molecule has 69 heavy (non-hydrogen) atoms. The van der Waals surface area contributed by atoms with Crippen molar-refractivity contribution in [1.29, 1.82) is 0 Å². The maximum absolute atomic E-state index is 12.9. The third kappa shape index (κ3) is 54.9. The highest BCUT2D eigenvalue weighted by Gasteiger charge is 2.19. The highest BCUT2D eigenvalue weighted by atomic mass is 16.6. The Hall–Kier alpha value is -3.93. The van der Waals surface area contributed by atoms with E-state index in [1.165, 1.54) is 109 Å². The number of carbonyl (C=O) groups excluding carboxylic acids is 3.